The smallest absolute Gasteiger partial charge is 0.416 e. The first-order valence-electron chi connectivity index (χ1n) is 9.97. The topological polar surface area (TPSA) is 84.4 Å². The van der Waals surface area contributed by atoms with Crippen molar-refractivity contribution in [2.75, 3.05) is 11.9 Å². The van der Waals surface area contributed by atoms with E-state index in [1.54, 1.807) is 29.2 Å². The summed E-state index contributed by atoms with van der Waals surface area (Å²) < 4.78 is 49.0. The van der Waals surface area contributed by atoms with E-state index in [2.05, 4.69) is 15.5 Å². The van der Waals surface area contributed by atoms with Crippen LogP contribution >= 0.6 is 0 Å². The summed E-state index contributed by atoms with van der Waals surface area (Å²) in [5.41, 5.74) is 0.296. The molecular weight excluding hydrogens is 437 g/mol. The van der Waals surface area contributed by atoms with Crippen LogP contribution in [-0.2, 0) is 24.1 Å². The number of amides is 1. The van der Waals surface area contributed by atoms with Crippen LogP contribution < -0.4 is 5.32 Å². The van der Waals surface area contributed by atoms with Crippen LogP contribution in [0, 0.1) is 0 Å². The minimum absolute atomic E-state index is 0.0214. The number of halogens is 3. The number of nitrogens with zero attached hydrogens (tertiary/aromatic N) is 3. The Morgan fingerprint density at radius 2 is 1.73 bits per heavy atom. The highest BCUT2D eigenvalue weighted by Crippen LogP contribution is 2.30. The first-order chi connectivity index (χ1) is 15.9. The second kappa shape index (κ2) is 9.70. The molecule has 0 bridgehead atoms. The Bertz CT molecular complexity index is 1170. The van der Waals surface area contributed by atoms with Gasteiger partial charge in [0.05, 0.1) is 31.5 Å². The Balaban J connectivity index is 1.46. The summed E-state index contributed by atoms with van der Waals surface area (Å²) in [5.74, 6) is 0.773. The molecule has 2 heterocycles. The molecule has 0 fully saturated rings. The highest BCUT2D eigenvalue weighted by molar-refractivity contribution is 5.92. The van der Waals surface area contributed by atoms with Crippen molar-refractivity contribution in [3.05, 3.63) is 90.2 Å². The zero-order valence-corrected chi connectivity index (χ0v) is 17.2. The average Bonchev–Trinajstić information content (AvgIpc) is 3.46. The number of benzene rings is 2. The van der Waals surface area contributed by atoms with E-state index in [9.17, 15) is 18.0 Å². The molecular formula is C23H19F3N4O3. The monoisotopic (exact) mass is 456 g/mol. The molecule has 0 atom stereocenters. The summed E-state index contributed by atoms with van der Waals surface area (Å²) in [6.07, 6.45) is -2.89. The molecule has 0 saturated heterocycles. The fourth-order valence-corrected chi connectivity index (χ4v) is 3.15. The lowest BCUT2D eigenvalue weighted by molar-refractivity contribution is -0.137. The number of anilines is 1. The van der Waals surface area contributed by atoms with Crippen LogP contribution in [0.3, 0.4) is 0 Å². The third-order valence-electron chi connectivity index (χ3n) is 4.68. The lowest BCUT2D eigenvalue weighted by Crippen LogP contribution is -2.32. The first kappa shape index (κ1) is 22.3. The zero-order valence-electron chi connectivity index (χ0n) is 17.2. The number of rotatable bonds is 8. The van der Waals surface area contributed by atoms with Gasteiger partial charge in [-0.15, -0.1) is 0 Å². The van der Waals surface area contributed by atoms with Gasteiger partial charge in [-0.05, 0) is 36.4 Å². The molecule has 170 valence electrons. The van der Waals surface area contributed by atoms with Crippen LogP contribution in [0.25, 0.3) is 11.4 Å². The molecule has 7 nitrogen and oxygen atoms in total. The average molecular weight is 456 g/mol. The Morgan fingerprint density at radius 3 is 2.39 bits per heavy atom. The van der Waals surface area contributed by atoms with Gasteiger partial charge in [0.25, 0.3) is 0 Å². The van der Waals surface area contributed by atoms with Crippen molar-refractivity contribution in [2.24, 2.45) is 0 Å². The van der Waals surface area contributed by atoms with Crippen LogP contribution in [-0.4, -0.2) is 27.5 Å². The largest absolute Gasteiger partial charge is 0.468 e. The summed E-state index contributed by atoms with van der Waals surface area (Å²) in [7, 11) is 0. The van der Waals surface area contributed by atoms with Crippen LogP contribution in [0.1, 0.15) is 17.2 Å². The normalized spacial score (nSPS) is 11.6. The van der Waals surface area contributed by atoms with E-state index < -0.39 is 11.7 Å². The Morgan fingerprint density at radius 1 is 0.970 bits per heavy atom. The molecule has 1 amide bonds. The molecule has 33 heavy (non-hydrogen) atoms. The minimum Gasteiger partial charge on any atom is -0.468 e. The van der Waals surface area contributed by atoms with Crippen molar-refractivity contribution in [1.82, 2.24) is 15.0 Å². The second-order valence-electron chi connectivity index (χ2n) is 7.23. The van der Waals surface area contributed by atoms with Crippen molar-refractivity contribution in [3.63, 3.8) is 0 Å². The summed E-state index contributed by atoms with van der Waals surface area (Å²) in [6, 6.07) is 17.1. The molecule has 10 heteroatoms. The predicted molar refractivity (Wildman–Crippen MR) is 113 cm³/mol. The van der Waals surface area contributed by atoms with Gasteiger partial charge in [-0.1, -0.05) is 35.5 Å². The lowest BCUT2D eigenvalue weighted by atomic mass is 10.1. The number of hydrogen-bond donors (Lipinski definition) is 1. The maximum Gasteiger partial charge on any atom is 0.416 e. The molecule has 0 saturated carbocycles. The predicted octanol–water partition coefficient (Wildman–Crippen LogP) is 4.99. The fourth-order valence-electron chi connectivity index (χ4n) is 3.15. The standard InChI is InChI=1S/C23H19F3N4O3/c24-23(25,26)17-10-8-16(9-11-17)22-28-21(33-29-22)15-30(13-19-7-4-12-32-19)14-20(31)27-18-5-2-1-3-6-18/h1-12H,13-15H2,(H,27,31). The van der Waals surface area contributed by atoms with Crippen LogP contribution in [0.4, 0.5) is 18.9 Å². The highest BCUT2D eigenvalue weighted by atomic mass is 19.4. The minimum atomic E-state index is -4.42. The van der Waals surface area contributed by atoms with E-state index in [-0.39, 0.29) is 30.7 Å². The SMILES string of the molecule is O=C(CN(Cc1ccco1)Cc1nc(-c2ccc(C(F)(F)F)cc2)no1)Nc1ccccc1. The van der Waals surface area contributed by atoms with Crippen molar-refractivity contribution < 1.29 is 26.9 Å². The number of hydrogen-bond acceptors (Lipinski definition) is 6. The van der Waals surface area contributed by atoms with Crippen molar-refractivity contribution in [1.29, 1.82) is 0 Å². The molecule has 2 aromatic heterocycles. The van der Waals surface area contributed by atoms with E-state index in [1.807, 2.05) is 18.2 Å². The van der Waals surface area contributed by atoms with Gasteiger partial charge in [0, 0.05) is 11.3 Å². The van der Waals surface area contributed by atoms with Crippen molar-refractivity contribution in [3.8, 4) is 11.4 Å². The van der Waals surface area contributed by atoms with Crippen molar-refractivity contribution >= 4 is 11.6 Å². The molecule has 4 aromatic rings. The third kappa shape index (κ3) is 6.07. The number of carbonyl (C=O) groups excluding carboxylic acids is 1. The van der Waals surface area contributed by atoms with E-state index in [0.717, 1.165) is 12.1 Å². The van der Waals surface area contributed by atoms with Gasteiger partial charge >= 0.3 is 6.18 Å². The van der Waals surface area contributed by atoms with E-state index in [1.165, 1.54) is 18.4 Å². The molecule has 2 aromatic carbocycles. The number of para-hydroxylation sites is 1. The fraction of sp³-hybridized carbons (Fsp3) is 0.174. The molecule has 0 aliphatic carbocycles. The van der Waals surface area contributed by atoms with Gasteiger partial charge in [-0.3, -0.25) is 9.69 Å². The van der Waals surface area contributed by atoms with E-state index in [0.29, 0.717) is 23.6 Å². The summed E-state index contributed by atoms with van der Waals surface area (Å²) in [6.45, 7) is 0.470. The van der Waals surface area contributed by atoms with Crippen LogP contribution in [0.5, 0.6) is 0 Å². The number of aromatic nitrogens is 2. The molecule has 0 radical (unpaired) electrons. The van der Waals surface area contributed by atoms with Gasteiger partial charge in [0.15, 0.2) is 0 Å². The Labute approximate surface area is 186 Å². The van der Waals surface area contributed by atoms with Crippen LogP contribution in [0.15, 0.2) is 81.9 Å². The molecule has 0 aliphatic heterocycles. The molecule has 0 spiro atoms. The third-order valence-corrected chi connectivity index (χ3v) is 4.68. The molecule has 4 rings (SSSR count). The van der Waals surface area contributed by atoms with Crippen molar-refractivity contribution in [2.45, 2.75) is 19.3 Å². The van der Waals surface area contributed by atoms with Gasteiger partial charge < -0.3 is 14.3 Å². The maximum absolute atomic E-state index is 12.8. The lowest BCUT2D eigenvalue weighted by Gasteiger charge is -2.18. The quantitative estimate of drug-likeness (QED) is 0.402. The number of carbonyl (C=O) groups is 1. The van der Waals surface area contributed by atoms with Gasteiger partial charge in [-0.25, -0.2) is 0 Å². The van der Waals surface area contributed by atoms with Gasteiger partial charge in [0.1, 0.15) is 5.76 Å². The maximum atomic E-state index is 12.8. The Hall–Kier alpha value is -3.92. The summed E-state index contributed by atoms with van der Waals surface area (Å²) in [4.78, 5) is 18.6. The van der Waals surface area contributed by atoms with E-state index in [4.69, 9.17) is 8.94 Å². The number of nitrogens with one attached hydrogen (secondary N) is 1. The zero-order chi connectivity index (χ0) is 23.3. The first-order valence-corrected chi connectivity index (χ1v) is 9.97. The van der Waals surface area contributed by atoms with Crippen LogP contribution in [0.2, 0.25) is 0 Å². The van der Waals surface area contributed by atoms with Gasteiger partial charge in [-0.2, -0.15) is 18.2 Å². The molecule has 0 aliphatic rings. The summed E-state index contributed by atoms with van der Waals surface area (Å²) >= 11 is 0. The number of alkyl halides is 3. The molecule has 0 unspecified atom stereocenters. The van der Waals surface area contributed by atoms with E-state index >= 15 is 0 Å². The second-order valence-corrected chi connectivity index (χ2v) is 7.23. The highest BCUT2D eigenvalue weighted by Gasteiger charge is 2.30. The number of furan rings is 1. The summed E-state index contributed by atoms with van der Waals surface area (Å²) in [5, 5.41) is 6.67. The van der Waals surface area contributed by atoms with Gasteiger partial charge in [0.2, 0.25) is 17.6 Å². The molecule has 1 N–H and O–H groups in total. The Kier molecular flexibility index (Phi) is 6.55.